The van der Waals surface area contributed by atoms with Gasteiger partial charge in [-0.1, -0.05) is 19.1 Å². The monoisotopic (exact) mass is 214 g/mol. The van der Waals surface area contributed by atoms with Crippen LogP contribution in [0.15, 0.2) is 36.2 Å². The Labute approximate surface area is 97.2 Å². The summed E-state index contributed by atoms with van der Waals surface area (Å²) < 4.78 is 0. The summed E-state index contributed by atoms with van der Waals surface area (Å²) in [4.78, 5) is 4.92. The van der Waals surface area contributed by atoms with Crippen LogP contribution in [0.25, 0.3) is 0 Å². The van der Waals surface area contributed by atoms with E-state index in [0.717, 1.165) is 13.0 Å². The number of aryl methyl sites for hydroxylation is 1. The van der Waals surface area contributed by atoms with Crippen molar-refractivity contribution in [2.45, 2.75) is 19.8 Å². The van der Waals surface area contributed by atoms with E-state index in [4.69, 9.17) is 0 Å². The summed E-state index contributed by atoms with van der Waals surface area (Å²) >= 11 is 0. The SMILES string of the molecule is CCc1ccc(N2CCN3CCC=C32)cc1. The average Bonchev–Trinajstić information content (AvgIpc) is 2.91. The molecule has 1 saturated heterocycles. The van der Waals surface area contributed by atoms with E-state index >= 15 is 0 Å². The van der Waals surface area contributed by atoms with E-state index in [-0.39, 0.29) is 0 Å². The summed E-state index contributed by atoms with van der Waals surface area (Å²) in [5.74, 6) is 1.42. The molecule has 0 saturated carbocycles. The lowest BCUT2D eigenvalue weighted by Gasteiger charge is -2.20. The van der Waals surface area contributed by atoms with Crippen molar-refractivity contribution in [3.8, 4) is 0 Å². The molecule has 0 atom stereocenters. The van der Waals surface area contributed by atoms with Gasteiger partial charge in [-0.3, -0.25) is 0 Å². The van der Waals surface area contributed by atoms with Crippen molar-refractivity contribution in [2.75, 3.05) is 24.5 Å². The molecular weight excluding hydrogens is 196 g/mol. The predicted octanol–water partition coefficient (Wildman–Crippen LogP) is 2.62. The van der Waals surface area contributed by atoms with Gasteiger partial charge < -0.3 is 9.80 Å². The van der Waals surface area contributed by atoms with Gasteiger partial charge in [0.2, 0.25) is 0 Å². The van der Waals surface area contributed by atoms with Gasteiger partial charge in [0.1, 0.15) is 5.82 Å². The topological polar surface area (TPSA) is 6.48 Å². The maximum Gasteiger partial charge on any atom is 0.104 e. The molecule has 0 aromatic heterocycles. The lowest BCUT2D eigenvalue weighted by atomic mass is 10.1. The summed E-state index contributed by atoms with van der Waals surface area (Å²) in [6.45, 7) is 5.73. The molecule has 1 aromatic carbocycles. The molecule has 0 N–H and O–H groups in total. The van der Waals surface area contributed by atoms with Crippen molar-refractivity contribution in [2.24, 2.45) is 0 Å². The first kappa shape index (κ1) is 9.76. The zero-order chi connectivity index (χ0) is 11.0. The van der Waals surface area contributed by atoms with E-state index in [2.05, 4.69) is 47.1 Å². The highest BCUT2D eigenvalue weighted by Crippen LogP contribution is 2.30. The van der Waals surface area contributed by atoms with Crippen molar-refractivity contribution in [1.29, 1.82) is 0 Å². The second-order valence-electron chi connectivity index (χ2n) is 4.51. The first-order valence-electron chi connectivity index (χ1n) is 6.20. The molecule has 2 aliphatic heterocycles. The van der Waals surface area contributed by atoms with Crippen LogP contribution in [-0.4, -0.2) is 24.5 Å². The molecule has 0 radical (unpaired) electrons. The molecule has 2 heterocycles. The number of anilines is 1. The molecule has 1 aromatic rings. The summed E-state index contributed by atoms with van der Waals surface area (Å²) in [6, 6.07) is 8.99. The largest absolute Gasteiger partial charge is 0.356 e. The zero-order valence-corrected chi connectivity index (χ0v) is 9.82. The maximum atomic E-state index is 2.48. The molecule has 16 heavy (non-hydrogen) atoms. The maximum absolute atomic E-state index is 2.48. The Bertz CT molecular complexity index is 405. The second-order valence-corrected chi connectivity index (χ2v) is 4.51. The number of fused-ring (bicyclic) bond motifs is 1. The van der Waals surface area contributed by atoms with Crippen molar-refractivity contribution in [1.82, 2.24) is 4.90 Å². The third kappa shape index (κ3) is 1.49. The number of hydrogen-bond donors (Lipinski definition) is 0. The van der Waals surface area contributed by atoms with Crippen LogP contribution in [0.4, 0.5) is 5.69 Å². The molecule has 0 unspecified atom stereocenters. The first-order valence-corrected chi connectivity index (χ1v) is 6.20. The van der Waals surface area contributed by atoms with E-state index in [1.54, 1.807) is 0 Å². The molecule has 0 amide bonds. The van der Waals surface area contributed by atoms with E-state index in [1.165, 1.54) is 36.6 Å². The standard InChI is InChI=1S/C14H18N2/c1-2-12-5-7-13(8-6-12)16-11-10-15-9-3-4-14(15)16/h4-8H,2-3,9-11H2,1H3. The van der Waals surface area contributed by atoms with Crippen molar-refractivity contribution >= 4 is 5.69 Å². The van der Waals surface area contributed by atoms with E-state index in [0.29, 0.717) is 0 Å². The summed E-state index contributed by atoms with van der Waals surface area (Å²) in [6.07, 6.45) is 4.69. The fourth-order valence-electron chi connectivity index (χ4n) is 2.61. The van der Waals surface area contributed by atoms with E-state index in [1.807, 2.05) is 0 Å². The van der Waals surface area contributed by atoms with Gasteiger partial charge in [0, 0.05) is 25.3 Å². The smallest absolute Gasteiger partial charge is 0.104 e. The number of benzene rings is 1. The van der Waals surface area contributed by atoms with Gasteiger partial charge in [0.05, 0.1) is 0 Å². The number of hydrogen-bond acceptors (Lipinski definition) is 2. The van der Waals surface area contributed by atoms with Gasteiger partial charge in [0.15, 0.2) is 0 Å². The highest BCUT2D eigenvalue weighted by atomic mass is 15.4. The van der Waals surface area contributed by atoms with Gasteiger partial charge in [-0.15, -0.1) is 0 Å². The van der Waals surface area contributed by atoms with E-state index in [9.17, 15) is 0 Å². The molecule has 0 bridgehead atoms. The minimum Gasteiger partial charge on any atom is -0.356 e. The predicted molar refractivity (Wildman–Crippen MR) is 67.4 cm³/mol. The van der Waals surface area contributed by atoms with Crippen LogP contribution in [0.1, 0.15) is 18.9 Å². The summed E-state index contributed by atoms with van der Waals surface area (Å²) in [5, 5.41) is 0. The fourth-order valence-corrected chi connectivity index (χ4v) is 2.61. The zero-order valence-electron chi connectivity index (χ0n) is 9.82. The van der Waals surface area contributed by atoms with Gasteiger partial charge >= 0.3 is 0 Å². The molecule has 1 fully saturated rings. The molecule has 84 valence electrons. The Morgan fingerprint density at radius 3 is 2.62 bits per heavy atom. The van der Waals surface area contributed by atoms with Crippen molar-refractivity contribution in [3.05, 3.63) is 41.7 Å². The highest BCUT2D eigenvalue weighted by molar-refractivity contribution is 5.54. The van der Waals surface area contributed by atoms with Gasteiger partial charge in [0.25, 0.3) is 0 Å². The molecule has 2 heteroatoms. The Hall–Kier alpha value is -1.44. The van der Waals surface area contributed by atoms with Crippen molar-refractivity contribution < 1.29 is 0 Å². The minimum absolute atomic E-state index is 1.12. The Morgan fingerprint density at radius 2 is 1.88 bits per heavy atom. The van der Waals surface area contributed by atoms with Gasteiger partial charge in [-0.2, -0.15) is 0 Å². The Balaban J connectivity index is 1.86. The number of rotatable bonds is 2. The summed E-state index contributed by atoms with van der Waals surface area (Å²) in [7, 11) is 0. The normalized spacial score (nSPS) is 18.9. The van der Waals surface area contributed by atoms with Crippen LogP contribution < -0.4 is 4.90 Å². The van der Waals surface area contributed by atoms with Gasteiger partial charge in [-0.25, -0.2) is 0 Å². The second kappa shape index (κ2) is 3.85. The molecule has 3 rings (SSSR count). The number of nitrogens with zero attached hydrogens (tertiary/aromatic N) is 2. The lowest BCUT2D eigenvalue weighted by molar-refractivity contribution is 0.434. The Kier molecular flexibility index (Phi) is 2.35. The van der Waals surface area contributed by atoms with Crippen molar-refractivity contribution in [3.63, 3.8) is 0 Å². The fraction of sp³-hybridized carbons (Fsp3) is 0.429. The first-order chi connectivity index (χ1) is 7.88. The third-order valence-electron chi connectivity index (χ3n) is 3.58. The molecular formula is C14H18N2. The van der Waals surface area contributed by atoms with Gasteiger partial charge in [-0.05, 0) is 36.6 Å². The molecule has 2 nitrogen and oxygen atoms in total. The Morgan fingerprint density at radius 1 is 1.06 bits per heavy atom. The summed E-state index contributed by atoms with van der Waals surface area (Å²) in [5.41, 5.74) is 2.76. The third-order valence-corrected chi connectivity index (χ3v) is 3.58. The molecule has 0 spiro atoms. The van der Waals surface area contributed by atoms with Crippen LogP contribution in [0.2, 0.25) is 0 Å². The van der Waals surface area contributed by atoms with Crippen LogP contribution in [-0.2, 0) is 6.42 Å². The average molecular weight is 214 g/mol. The quantitative estimate of drug-likeness (QED) is 0.746. The molecule has 0 aliphatic carbocycles. The van der Waals surface area contributed by atoms with Crippen LogP contribution in [0, 0.1) is 0 Å². The minimum atomic E-state index is 1.12. The van der Waals surface area contributed by atoms with Crippen LogP contribution in [0.3, 0.4) is 0 Å². The van der Waals surface area contributed by atoms with E-state index < -0.39 is 0 Å². The lowest BCUT2D eigenvalue weighted by Crippen LogP contribution is -2.19. The van der Waals surface area contributed by atoms with Crippen LogP contribution in [0.5, 0.6) is 0 Å². The molecule has 2 aliphatic rings. The highest BCUT2D eigenvalue weighted by Gasteiger charge is 2.27. The van der Waals surface area contributed by atoms with Crippen LogP contribution >= 0.6 is 0 Å².